The van der Waals surface area contributed by atoms with Crippen molar-refractivity contribution in [2.75, 3.05) is 11.4 Å². The summed E-state index contributed by atoms with van der Waals surface area (Å²) in [6, 6.07) is 11.3. The number of fused-ring (bicyclic) bond motifs is 1. The molecule has 28 heavy (non-hydrogen) atoms. The van der Waals surface area contributed by atoms with Crippen molar-refractivity contribution in [3.05, 3.63) is 63.2 Å². The first-order chi connectivity index (χ1) is 13.2. The second kappa shape index (κ2) is 7.74. The molecule has 2 aromatic rings. The van der Waals surface area contributed by atoms with E-state index in [2.05, 4.69) is 55.8 Å². The predicted molar refractivity (Wildman–Crippen MR) is 116 cm³/mol. The Hall–Kier alpha value is -2.69. The van der Waals surface area contributed by atoms with Gasteiger partial charge in [-0.2, -0.15) is 0 Å². The molecule has 5 nitrogen and oxygen atoms in total. The van der Waals surface area contributed by atoms with Gasteiger partial charge < -0.3 is 4.90 Å². The third-order valence-corrected chi connectivity index (χ3v) is 5.60. The molecule has 0 N–H and O–H groups in total. The van der Waals surface area contributed by atoms with Gasteiger partial charge in [0.1, 0.15) is 0 Å². The minimum atomic E-state index is -0.380. The number of nitro benzene ring substituents is 1. The molecule has 0 aliphatic carbocycles. The monoisotopic (exact) mass is 379 g/mol. The molecule has 0 radical (unpaired) electrons. The van der Waals surface area contributed by atoms with Crippen molar-refractivity contribution in [1.82, 2.24) is 0 Å². The summed E-state index contributed by atoms with van der Waals surface area (Å²) in [5.74, 6) is 0.493. The largest absolute Gasteiger partial charge is 0.366 e. The van der Waals surface area contributed by atoms with Gasteiger partial charge in [0, 0.05) is 36.1 Å². The summed E-state index contributed by atoms with van der Waals surface area (Å²) in [5, 5.41) is 10.9. The van der Waals surface area contributed by atoms with E-state index < -0.39 is 0 Å². The molecule has 1 heterocycles. The van der Waals surface area contributed by atoms with Gasteiger partial charge in [0.15, 0.2) is 0 Å². The van der Waals surface area contributed by atoms with Crippen molar-refractivity contribution in [3.63, 3.8) is 0 Å². The zero-order valence-corrected chi connectivity index (χ0v) is 17.4. The fourth-order valence-corrected chi connectivity index (χ4v) is 4.28. The van der Waals surface area contributed by atoms with Crippen LogP contribution in [0, 0.1) is 17.0 Å². The first kappa shape index (κ1) is 20.1. The number of benzene rings is 2. The molecule has 0 saturated heterocycles. The molecule has 1 aliphatic rings. The molecule has 1 unspecified atom stereocenters. The summed E-state index contributed by atoms with van der Waals surface area (Å²) >= 11 is 0. The van der Waals surface area contributed by atoms with Gasteiger partial charge >= 0.3 is 0 Å². The number of rotatable bonds is 5. The van der Waals surface area contributed by atoms with Crippen LogP contribution in [0.1, 0.15) is 63.1 Å². The Bertz CT molecular complexity index is 918. The van der Waals surface area contributed by atoms with E-state index in [0.29, 0.717) is 5.92 Å². The van der Waals surface area contributed by atoms with Crippen LogP contribution >= 0.6 is 0 Å². The highest BCUT2D eigenvalue weighted by molar-refractivity contribution is 5.84. The van der Waals surface area contributed by atoms with Crippen LogP contribution in [0.2, 0.25) is 0 Å². The Morgan fingerprint density at radius 2 is 2.04 bits per heavy atom. The summed E-state index contributed by atoms with van der Waals surface area (Å²) in [6.07, 6.45) is 4.10. The summed E-state index contributed by atoms with van der Waals surface area (Å²) in [7, 11) is 0. The quantitative estimate of drug-likeness (QED) is 0.355. The lowest BCUT2D eigenvalue weighted by molar-refractivity contribution is -0.384. The third kappa shape index (κ3) is 3.93. The zero-order valence-electron chi connectivity index (χ0n) is 17.4. The number of aliphatic imine (C=N–C) groups is 1. The highest BCUT2D eigenvalue weighted by atomic mass is 16.6. The third-order valence-electron chi connectivity index (χ3n) is 5.60. The van der Waals surface area contributed by atoms with Crippen LogP contribution in [0.25, 0.3) is 0 Å². The molecule has 0 bridgehead atoms. The van der Waals surface area contributed by atoms with Crippen LogP contribution in [-0.4, -0.2) is 23.2 Å². The number of anilines is 1. The van der Waals surface area contributed by atoms with Crippen LogP contribution in [0.5, 0.6) is 0 Å². The van der Waals surface area contributed by atoms with Crippen LogP contribution in [0.3, 0.4) is 0 Å². The number of aryl methyl sites for hydroxylation is 1. The number of non-ortho nitro benzene ring substituents is 1. The molecular formula is C23H29N3O2. The van der Waals surface area contributed by atoms with Crippen molar-refractivity contribution in [1.29, 1.82) is 0 Å². The zero-order chi connectivity index (χ0) is 20.5. The fourth-order valence-electron chi connectivity index (χ4n) is 4.28. The Morgan fingerprint density at radius 1 is 1.29 bits per heavy atom. The lowest BCUT2D eigenvalue weighted by Gasteiger charge is -2.47. The molecule has 0 aromatic heterocycles. The van der Waals surface area contributed by atoms with Crippen molar-refractivity contribution < 1.29 is 4.92 Å². The number of nitro groups is 1. The average molecular weight is 380 g/mol. The van der Waals surface area contributed by atoms with Crippen molar-refractivity contribution in [3.8, 4) is 0 Å². The van der Waals surface area contributed by atoms with E-state index in [1.54, 1.807) is 12.1 Å². The number of hydrogen-bond acceptors (Lipinski definition) is 4. The lowest BCUT2D eigenvalue weighted by atomic mass is 9.79. The molecule has 5 heteroatoms. The van der Waals surface area contributed by atoms with Gasteiger partial charge in [0.25, 0.3) is 5.69 Å². The van der Waals surface area contributed by atoms with Crippen LogP contribution in [0.15, 0.2) is 41.4 Å². The maximum absolute atomic E-state index is 10.9. The SMILES string of the molecule is CCCN1c2ccc(C=Nc3ccc([N+](=O)[O-])cc3C)cc2C(C)CC1(C)C. The second-order valence-electron chi connectivity index (χ2n) is 8.37. The normalized spacial score (nSPS) is 18.3. The first-order valence-electron chi connectivity index (χ1n) is 9.93. The highest BCUT2D eigenvalue weighted by Gasteiger charge is 2.35. The molecule has 1 aliphatic heterocycles. The van der Waals surface area contributed by atoms with Crippen LogP contribution < -0.4 is 4.90 Å². The van der Waals surface area contributed by atoms with E-state index in [1.807, 2.05) is 13.1 Å². The molecule has 2 aromatic carbocycles. The van der Waals surface area contributed by atoms with E-state index in [1.165, 1.54) is 17.3 Å². The summed E-state index contributed by atoms with van der Waals surface area (Å²) in [4.78, 5) is 17.6. The number of hydrogen-bond donors (Lipinski definition) is 0. The molecule has 0 amide bonds. The van der Waals surface area contributed by atoms with Crippen LogP contribution in [0.4, 0.5) is 17.1 Å². The van der Waals surface area contributed by atoms with Crippen molar-refractivity contribution in [2.24, 2.45) is 4.99 Å². The molecule has 0 saturated carbocycles. The molecule has 0 spiro atoms. The van der Waals surface area contributed by atoms with Crippen LogP contribution in [-0.2, 0) is 0 Å². The molecule has 148 valence electrons. The van der Waals surface area contributed by atoms with Gasteiger partial charge in [-0.1, -0.05) is 19.9 Å². The number of nitrogens with zero attached hydrogens (tertiary/aromatic N) is 3. The highest BCUT2D eigenvalue weighted by Crippen LogP contribution is 2.43. The van der Waals surface area contributed by atoms with Gasteiger partial charge in [0.05, 0.1) is 10.6 Å². The Balaban J connectivity index is 1.91. The predicted octanol–water partition coefficient (Wildman–Crippen LogP) is 6.16. The van der Waals surface area contributed by atoms with E-state index in [0.717, 1.165) is 36.2 Å². The maximum Gasteiger partial charge on any atom is 0.269 e. The van der Waals surface area contributed by atoms with Gasteiger partial charge in [-0.15, -0.1) is 0 Å². The van der Waals surface area contributed by atoms with Gasteiger partial charge in [-0.25, -0.2) is 0 Å². The Morgan fingerprint density at radius 3 is 2.68 bits per heavy atom. The molecule has 0 fully saturated rings. The molecular weight excluding hydrogens is 350 g/mol. The van der Waals surface area contributed by atoms with Gasteiger partial charge in [-0.3, -0.25) is 15.1 Å². The van der Waals surface area contributed by atoms with Crippen molar-refractivity contribution in [2.45, 2.75) is 58.9 Å². The summed E-state index contributed by atoms with van der Waals surface area (Å²) in [5.41, 5.74) is 5.56. The minimum absolute atomic E-state index is 0.0951. The molecule has 3 rings (SSSR count). The van der Waals surface area contributed by atoms with E-state index in [4.69, 9.17) is 0 Å². The summed E-state index contributed by atoms with van der Waals surface area (Å²) < 4.78 is 0. The average Bonchev–Trinajstić information content (AvgIpc) is 2.63. The van der Waals surface area contributed by atoms with E-state index in [-0.39, 0.29) is 16.1 Å². The maximum atomic E-state index is 10.9. The Labute approximate surface area is 167 Å². The van der Waals surface area contributed by atoms with E-state index in [9.17, 15) is 10.1 Å². The molecule has 1 atom stereocenters. The van der Waals surface area contributed by atoms with E-state index >= 15 is 0 Å². The lowest BCUT2D eigenvalue weighted by Crippen LogP contribution is -2.48. The van der Waals surface area contributed by atoms with Gasteiger partial charge in [0.2, 0.25) is 0 Å². The Kier molecular flexibility index (Phi) is 5.54. The smallest absolute Gasteiger partial charge is 0.269 e. The minimum Gasteiger partial charge on any atom is -0.366 e. The fraction of sp³-hybridized carbons (Fsp3) is 0.435. The standard InChI is InChI=1S/C23H29N3O2/c1-6-11-25-22-10-7-18(13-20(22)17(3)14-23(25,4)5)15-24-21-9-8-19(26(27)28)12-16(21)2/h7-10,12-13,15,17H,6,11,14H2,1-5H3. The second-order valence-corrected chi connectivity index (χ2v) is 8.37. The topological polar surface area (TPSA) is 58.7 Å². The van der Waals surface area contributed by atoms with Crippen molar-refractivity contribution >= 4 is 23.3 Å². The van der Waals surface area contributed by atoms with Gasteiger partial charge in [-0.05, 0) is 74.4 Å². The first-order valence-corrected chi connectivity index (χ1v) is 9.93. The summed E-state index contributed by atoms with van der Waals surface area (Å²) in [6.45, 7) is 12.1.